The molecule has 0 amide bonds. The molecule has 0 aliphatic heterocycles. The number of halogens is 1. The van der Waals surface area contributed by atoms with Gasteiger partial charge in [0.05, 0.1) is 0 Å². The molecule has 1 unspecified atom stereocenters. The third-order valence-corrected chi connectivity index (χ3v) is 2.85. The van der Waals surface area contributed by atoms with E-state index in [0.29, 0.717) is 16.7 Å². The number of nitrogens with one attached hydrogen (secondary N) is 1. The lowest BCUT2D eigenvalue weighted by atomic mass is 10.2. The molecule has 2 N–H and O–H groups in total. The number of rotatable bonds is 4. The van der Waals surface area contributed by atoms with Gasteiger partial charge in [0.2, 0.25) is 0 Å². The zero-order valence-electron chi connectivity index (χ0n) is 10.2. The summed E-state index contributed by atoms with van der Waals surface area (Å²) >= 11 is 5.79. The van der Waals surface area contributed by atoms with Crippen LogP contribution >= 0.6 is 11.6 Å². The van der Waals surface area contributed by atoms with Gasteiger partial charge in [0, 0.05) is 5.02 Å². The van der Waals surface area contributed by atoms with Crippen molar-refractivity contribution in [3.63, 3.8) is 0 Å². The standard InChI is InChI=1S/C13H12ClN3O2/c1-8(13(18)19)12-15-11(16-17-12)7-4-9-2-5-10(14)6-3-9/h2-8H,1H3,(H,18,19)(H,15,16,17). The van der Waals surface area contributed by atoms with Crippen molar-refractivity contribution in [2.45, 2.75) is 12.8 Å². The van der Waals surface area contributed by atoms with Crippen molar-refractivity contribution >= 4 is 29.7 Å². The van der Waals surface area contributed by atoms with E-state index in [9.17, 15) is 4.79 Å². The van der Waals surface area contributed by atoms with Gasteiger partial charge in [0.1, 0.15) is 11.7 Å². The molecule has 0 fully saturated rings. The average molecular weight is 278 g/mol. The van der Waals surface area contributed by atoms with Crippen LogP contribution in [-0.4, -0.2) is 26.3 Å². The number of benzene rings is 1. The number of hydrogen-bond acceptors (Lipinski definition) is 3. The Bertz CT molecular complexity index is 605. The number of hydrogen-bond donors (Lipinski definition) is 2. The predicted octanol–water partition coefficient (Wildman–Crippen LogP) is 2.82. The first-order chi connectivity index (χ1) is 9.06. The summed E-state index contributed by atoms with van der Waals surface area (Å²) in [6.45, 7) is 1.55. The van der Waals surface area contributed by atoms with Crippen molar-refractivity contribution in [2.24, 2.45) is 0 Å². The van der Waals surface area contributed by atoms with Crippen molar-refractivity contribution in [3.8, 4) is 0 Å². The molecule has 98 valence electrons. The van der Waals surface area contributed by atoms with Crippen molar-refractivity contribution in [1.82, 2.24) is 15.2 Å². The Labute approximate surface area is 114 Å². The van der Waals surface area contributed by atoms with Crippen LogP contribution in [0.15, 0.2) is 24.3 Å². The van der Waals surface area contributed by atoms with Crippen LogP contribution in [0.4, 0.5) is 0 Å². The highest BCUT2D eigenvalue weighted by atomic mass is 35.5. The van der Waals surface area contributed by atoms with Gasteiger partial charge >= 0.3 is 5.97 Å². The number of carboxylic acids is 1. The van der Waals surface area contributed by atoms with Gasteiger partial charge in [-0.05, 0) is 30.7 Å². The predicted molar refractivity (Wildman–Crippen MR) is 72.8 cm³/mol. The van der Waals surface area contributed by atoms with Crippen LogP contribution in [0.5, 0.6) is 0 Å². The molecule has 0 spiro atoms. The maximum atomic E-state index is 10.8. The second kappa shape index (κ2) is 5.67. The van der Waals surface area contributed by atoms with Gasteiger partial charge in [-0.2, -0.15) is 5.10 Å². The van der Waals surface area contributed by atoms with Gasteiger partial charge < -0.3 is 5.11 Å². The molecule has 5 nitrogen and oxygen atoms in total. The summed E-state index contributed by atoms with van der Waals surface area (Å²) in [5.41, 5.74) is 0.960. The van der Waals surface area contributed by atoms with Crippen molar-refractivity contribution < 1.29 is 9.90 Å². The minimum atomic E-state index is -0.940. The molecular weight excluding hydrogens is 266 g/mol. The molecule has 2 aromatic rings. The van der Waals surface area contributed by atoms with E-state index >= 15 is 0 Å². The van der Waals surface area contributed by atoms with E-state index in [4.69, 9.17) is 16.7 Å². The minimum Gasteiger partial charge on any atom is -0.481 e. The number of carboxylic acid groups (broad SMARTS) is 1. The van der Waals surface area contributed by atoms with Crippen molar-refractivity contribution in [3.05, 3.63) is 46.5 Å². The summed E-state index contributed by atoms with van der Waals surface area (Å²) < 4.78 is 0. The van der Waals surface area contributed by atoms with E-state index in [2.05, 4.69) is 15.2 Å². The third-order valence-electron chi connectivity index (χ3n) is 2.60. The monoisotopic (exact) mass is 277 g/mol. The van der Waals surface area contributed by atoms with Crippen LogP contribution in [0.25, 0.3) is 12.2 Å². The highest BCUT2D eigenvalue weighted by Crippen LogP contribution is 2.13. The van der Waals surface area contributed by atoms with Gasteiger partial charge in [-0.3, -0.25) is 9.89 Å². The minimum absolute atomic E-state index is 0.336. The normalized spacial score (nSPS) is 12.7. The number of aromatic nitrogens is 3. The van der Waals surface area contributed by atoms with Gasteiger partial charge in [-0.25, -0.2) is 4.98 Å². The first kappa shape index (κ1) is 13.3. The molecule has 0 saturated heterocycles. The van der Waals surface area contributed by atoms with Crippen molar-refractivity contribution in [2.75, 3.05) is 0 Å². The van der Waals surface area contributed by atoms with E-state index in [1.807, 2.05) is 18.2 Å². The number of carbonyl (C=O) groups is 1. The lowest BCUT2D eigenvalue weighted by Crippen LogP contribution is -2.08. The fourth-order valence-electron chi connectivity index (χ4n) is 1.42. The highest BCUT2D eigenvalue weighted by molar-refractivity contribution is 6.30. The van der Waals surface area contributed by atoms with Crippen LogP contribution in [0.3, 0.4) is 0 Å². The van der Waals surface area contributed by atoms with Crippen LogP contribution in [-0.2, 0) is 4.79 Å². The Morgan fingerprint density at radius 3 is 2.68 bits per heavy atom. The maximum Gasteiger partial charge on any atom is 0.313 e. The Morgan fingerprint density at radius 1 is 1.37 bits per heavy atom. The largest absolute Gasteiger partial charge is 0.481 e. The average Bonchev–Trinajstić information content (AvgIpc) is 2.86. The molecule has 1 heterocycles. The van der Waals surface area contributed by atoms with Crippen LogP contribution in [0.1, 0.15) is 30.1 Å². The van der Waals surface area contributed by atoms with E-state index in [1.165, 1.54) is 0 Å². The topological polar surface area (TPSA) is 78.9 Å². The molecule has 0 bridgehead atoms. The fraction of sp³-hybridized carbons (Fsp3) is 0.154. The Morgan fingerprint density at radius 2 is 2.05 bits per heavy atom. The zero-order valence-corrected chi connectivity index (χ0v) is 10.9. The molecule has 1 atom stereocenters. The molecule has 1 aromatic heterocycles. The molecule has 0 aliphatic rings. The van der Waals surface area contributed by atoms with E-state index in [-0.39, 0.29) is 0 Å². The quantitative estimate of drug-likeness (QED) is 0.901. The summed E-state index contributed by atoms with van der Waals surface area (Å²) in [5.74, 6) is -0.865. The summed E-state index contributed by atoms with van der Waals surface area (Å²) in [6, 6.07) is 7.31. The molecule has 0 saturated carbocycles. The Kier molecular flexibility index (Phi) is 3.97. The van der Waals surface area contributed by atoms with Gasteiger partial charge in [0.15, 0.2) is 5.82 Å². The SMILES string of the molecule is CC(C(=O)O)c1nc(C=Cc2ccc(Cl)cc2)n[nH]1. The van der Waals surface area contributed by atoms with Crippen LogP contribution in [0.2, 0.25) is 5.02 Å². The Balaban J connectivity index is 2.11. The number of aliphatic carboxylic acids is 1. The lowest BCUT2D eigenvalue weighted by molar-refractivity contribution is -0.138. The second-order valence-corrected chi connectivity index (χ2v) is 4.46. The van der Waals surface area contributed by atoms with E-state index < -0.39 is 11.9 Å². The van der Waals surface area contributed by atoms with E-state index in [1.54, 1.807) is 25.1 Å². The molecule has 0 radical (unpaired) electrons. The summed E-state index contributed by atoms with van der Waals surface area (Å²) in [7, 11) is 0. The molecule has 2 rings (SSSR count). The Hall–Kier alpha value is -2.14. The van der Waals surface area contributed by atoms with Gasteiger partial charge in [0.25, 0.3) is 0 Å². The molecular formula is C13H12ClN3O2. The summed E-state index contributed by atoms with van der Waals surface area (Å²) in [4.78, 5) is 14.9. The lowest BCUT2D eigenvalue weighted by Gasteiger charge is -1.98. The molecule has 0 aliphatic carbocycles. The molecule has 1 aromatic carbocycles. The number of nitrogens with zero attached hydrogens (tertiary/aromatic N) is 2. The highest BCUT2D eigenvalue weighted by Gasteiger charge is 2.17. The molecule has 19 heavy (non-hydrogen) atoms. The van der Waals surface area contributed by atoms with Gasteiger partial charge in [-0.1, -0.05) is 29.8 Å². The fourth-order valence-corrected chi connectivity index (χ4v) is 1.54. The third kappa shape index (κ3) is 3.42. The zero-order chi connectivity index (χ0) is 13.8. The summed E-state index contributed by atoms with van der Waals surface area (Å²) in [5, 5.41) is 16.1. The number of aromatic amines is 1. The first-order valence-electron chi connectivity index (χ1n) is 5.65. The van der Waals surface area contributed by atoms with Crippen LogP contribution in [0, 0.1) is 0 Å². The molecule has 6 heteroatoms. The van der Waals surface area contributed by atoms with Crippen LogP contribution < -0.4 is 0 Å². The first-order valence-corrected chi connectivity index (χ1v) is 6.03. The summed E-state index contributed by atoms with van der Waals surface area (Å²) in [6.07, 6.45) is 3.53. The maximum absolute atomic E-state index is 10.8. The number of H-pyrrole nitrogens is 1. The van der Waals surface area contributed by atoms with E-state index in [0.717, 1.165) is 5.56 Å². The second-order valence-electron chi connectivity index (χ2n) is 4.02. The van der Waals surface area contributed by atoms with Crippen molar-refractivity contribution in [1.29, 1.82) is 0 Å². The smallest absolute Gasteiger partial charge is 0.313 e. The van der Waals surface area contributed by atoms with Gasteiger partial charge in [-0.15, -0.1) is 0 Å².